The lowest BCUT2D eigenvalue weighted by molar-refractivity contribution is -0.141. The van der Waals surface area contributed by atoms with E-state index in [4.69, 9.17) is 0 Å². The van der Waals surface area contributed by atoms with Crippen LogP contribution in [0.3, 0.4) is 0 Å². The van der Waals surface area contributed by atoms with Crippen LogP contribution in [-0.4, -0.2) is 23.9 Å². The van der Waals surface area contributed by atoms with Crippen molar-refractivity contribution in [2.24, 2.45) is 0 Å². The van der Waals surface area contributed by atoms with E-state index in [0.717, 1.165) is 43.5 Å². The van der Waals surface area contributed by atoms with Gasteiger partial charge in [-0.05, 0) is 55.7 Å². The predicted molar refractivity (Wildman–Crippen MR) is 85.1 cm³/mol. The molecule has 3 rings (SSSR count). The number of hydrogen-bond acceptors (Lipinski definition) is 3. The lowest BCUT2D eigenvalue weighted by atomic mass is 10.0. The number of benzene rings is 1. The molecule has 0 saturated carbocycles. The molecule has 7 heteroatoms. The van der Waals surface area contributed by atoms with Crippen LogP contribution in [0.1, 0.15) is 40.9 Å². The van der Waals surface area contributed by atoms with E-state index in [9.17, 15) is 22.4 Å². The summed E-state index contributed by atoms with van der Waals surface area (Å²) >= 11 is 0. The number of halogens is 4. The molecule has 0 aliphatic carbocycles. The maximum absolute atomic E-state index is 13.0. The maximum Gasteiger partial charge on any atom is 0.433 e. The molecule has 1 aromatic carbocycles. The van der Waals surface area contributed by atoms with Crippen LogP contribution in [0.2, 0.25) is 0 Å². The first-order valence-electron chi connectivity index (χ1n) is 8.00. The summed E-state index contributed by atoms with van der Waals surface area (Å²) in [6.45, 7) is 1.11. The van der Waals surface area contributed by atoms with Crippen LogP contribution in [0.25, 0.3) is 0 Å². The number of alkyl halides is 3. The van der Waals surface area contributed by atoms with E-state index >= 15 is 0 Å². The molecule has 1 aliphatic rings. The number of piperidine rings is 1. The molecule has 1 fully saturated rings. The van der Waals surface area contributed by atoms with E-state index in [2.05, 4.69) is 4.98 Å². The minimum atomic E-state index is -4.58. The molecular weight excluding hydrogens is 336 g/mol. The first-order valence-corrected chi connectivity index (χ1v) is 8.00. The van der Waals surface area contributed by atoms with Gasteiger partial charge in [0.05, 0.1) is 5.56 Å². The van der Waals surface area contributed by atoms with Gasteiger partial charge in [-0.15, -0.1) is 0 Å². The Labute approximate surface area is 142 Å². The quantitative estimate of drug-likeness (QED) is 0.604. The Morgan fingerprint density at radius 1 is 0.960 bits per heavy atom. The minimum Gasteiger partial charge on any atom is -0.356 e. The van der Waals surface area contributed by atoms with Crippen LogP contribution in [0, 0.1) is 5.82 Å². The molecule has 0 bridgehead atoms. The second-order valence-electron chi connectivity index (χ2n) is 5.95. The lowest BCUT2D eigenvalue weighted by Crippen LogP contribution is -2.32. The third-order valence-electron chi connectivity index (χ3n) is 4.17. The van der Waals surface area contributed by atoms with Crippen LogP contribution >= 0.6 is 0 Å². The fourth-order valence-electron chi connectivity index (χ4n) is 2.89. The van der Waals surface area contributed by atoms with Crippen LogP contribution in [-0.2, 0) is 6.18 Å². The molecule has 25 heavy (non-hydrogen) atoms. The molecule has 132 valence electrons. The number of aromatic nitrogens is 1. The summed E-state index contributed by atoms with van der Waals surface area (Å²) in [5.74, 6) is -0.913. The Morgan fingerprint density at radius 2 is 1.60 bits per heavy atom. The number of ketones is 1. The lowest BCUT2D eigenvalue weighted by Gasteiger charge is -2.29. The summed E-state index contributed by atoms with van der Waals surface area (Å²) in [7, 11) is 0. The van der Waals surface area contributed by atoms with E-state index < -0.39 is 23.5 Å². The van der Waals surface area contributed by atoms with Gasteiger partial charge in [0.2, 0.25) is 0 Å². The highest BCUT2D eigenvalue weighted by atomic mass is 19.4. The molecule has 0 unspecified atom stereocenters. The van der Waals surface area contributed by atoms with Crippen molar-refractivity contribution in [3.8, 4) is 0 Å². The van der Waals surface area contributed by atoms with Crippen molar-refractivity contribution in [3.05, 3.63) is 59.0 Å². The molecule has 0 amide bonds. The van der Waals surface area contributed by atoms with Gasteiger partial charge in [-0.3, -0.25) is 4.79 Å². The van der Waals surface area contributed by atoms with Gasteiger partial charge >= 0.3 is 6.18 Å². The van der Waals surface area contributed by atoms with Crippen LogP contribution in [0.15, 0.2) is 36.4 Å². The molecule has 0 spiro atoms. The third kappa shape index (κ3) is 3.81. The van der Waals surface area contributed by atoms with Crippen molar-refractivity contribution < 1.29 is 22.4 Å². The molecule has 0 N–H and O–H groups in total. The summed E-state index contributed by atoms with van der Waals surface area (Å²) < 4.78 is 52.1. The van der Waals surface area contributed by atoms with E-state index in [1.807, 2.05) is 0 Å². The van der Waals surface area contributed by atoms with Gasteiger partial charge in [-0.25, -0.2) is 9.37 Å². The Hall–Kier alpha value is -2.44. The van der Waals surface area contributed by atoms with Gasteiger partial charge in [0.15, 0.2) is 5.78 Å². The molecule has 0 atom stereocenters. The van der Waals surface area contributed by atoms with E-state index in [-0.39, 0.29) is 16.9 Å². The van der Waals surface area contributed by atoms with E-state index in [1.54, 1.807) is 4.90 Å². The highest BCUT2D eigenvalue weighted by Gasteiger charge is 2.34. The highest BCUT2D eigenvalue weighted by molar-refractivity contribution is 6.12. The van der Waals surface area contributed by atoms with E-state index in [0.29, 0.717) is 13.1 Å². The molecule has 1 aromatic heterocycles. The van der Waals surface area contributed by atoms with Crippen LogP contribution < -0.4 is 4.90 Å². The number of carbonyl (C=O) groups excluding carboxylic acids is 1. The molecule has 2 aromatic rings. The van der Waals surface area contributed by atoms with Crippen LogP contribution in [0.5, 0.6) is 0 Å². The average Bonchev–Trinajstić information content (AvgIpc) is 2.61. The second kappa shape index (κ2) is 6.82. The van der Waals surface area contributed by atoms with E-state index in [1.165, 1.54) is 12.1 Å². The Balaban J connectivity index is 2.04. The SMILES string of the molecule is O=C(c1ccc(F)cc1)c1ccc(C(F)(F)F)nc1N1CCCCC1. The second-order valence-corrected chi connectivity index (χ2v) is 5.95. The zero-order valence-corrected chi connectivity index (χ0v) is 13.3. The number of anilines is 1. The Morgan fingerprint density at radius 3 is 2.20 bits per heavy atom. The third-order valence-corrected chi connectivity index (χ3v) is 4.17. The fraction of sp³-hybridized carbons (Fsp3) is 0.333. The van der Waals surface area contributed by atoms with Crippen molar-refractivity contribution in [2.45, 2.75) is 25.4 Å². The monoisotopic (exact) mass is 352 g/mol. The topological polar surface area (TPSA) is 33.2 Å². The highest BCUT2D eigenvalue weighted by Crippen LogP contribution is 2.32. The van der Waals surface area contributed by atoms with Crippen molar-refractivity contribution in [1.82, 2.24) is 4.98 Å². The minimum absolute atomic E-state index is 0.0452. The molecule has 0 radical (unpaired) electrons. The number of rotatable bonds is 3. The summed E-state index contributed by atoms with van der Waals surface area (Å²) in [5, 5.41) is 0. The summed E-state index contributed by atoms with van der Waals surface area (Å²) in [5.41, 5.74) is -0.716. The number of pyridine rings is 1. The zero-order chi connectivity index (χ0) is 18.0. The summed E-state index contributed by atoms with van der Waals surface area (Å²) in [6.07, 6.45) is -1.91. The van der Waals surface area contributed by atoms with Gasteiger partial charge in [0, 0.05) is 18.7 Å². The molecule has 3 nitrogen and oxygen atoms in total. The number of hydrogen-bond donors (Lipinski definition) is 0. The fourth-order valence-corrected chi connectivity index (χ4v) is 2.89. The smallest absolute Gasteiger partial charge is 0.356 e. The Kier molecular flexibility index (Phi) is 4.74. The number of carbonyl (C=O) groups is 1. The van der Waals surface area contributed by atoms with Crippen molar-refractivity contribution in [3.63, 3.8) is 0 Å². The van der Waals surface area contributed by atoms with Gasteiger partial charge in [0.1, 0.15) is 17.3 Å². The molecular formula is C18H16F4N2O. The largest absolute Gasteiger partial charge is 0.433 e. The first kappa shape index (κ1) is 17.4. The van der Waals surface area contributed by atoms with Gasteiger partial charge in [0.25, 0.3) is 0 Å². The maximum atomic E-state index is 13.0. The van der Waals surface area contributed by atoms with Crippen molar-refractivity contribution >= 4 is 11.6 Å². The van der Waals surface area contributed by atoms with Crippen molar-refractivity contribution in [1.29, 1.82) is 0 Å². The molecule has 2 heterocycles. The standard InChI is InChI=1S/C18H16F4N2O/c19-13-6-4-12(5-7-13)16(25)14-8-9-15(18(20,21)22)23-17(14)24-10-2-1-3-11-24/h4-9H,1-3,10-11H2. The van der Waals surface area contributed by atoms with Gasteiger partial charge in [-0.2, -0.15) is 13.2 Å². The predicted octanol–water partition coefficient (Wildman–Crippen LogP) is 4.46. The normalized spacial score (nSPS) is 15.3. The van der Waals surface area contributed by atoms with Crippen molar-refractivity contribution in [2.75, 3.05) is 18.0 Å². The summed E-state index contributed by atoms with van der Waals surface area (Å²) in [6, 6.07) is 6.89. The molecule has 1 aliphatic heterocycles. The first-order chi connectivity index (χ1) is 11.9. The number of nitrogens with zero attached hydrogens (tertiary/aromatic N) is 2. The van der Waals surface area contributed by atoms with Crippen LogP contribution in [0.4, 0.5) is 23.4 Å². The van der Waals surface area contributed by atoms with Gasteiger partial charge in [-0.1, -0.05) is 0 Å². The Bertz CT molecular complexity index is 766. The zero-order valence-electron chi connectivity index (χ0n) is 13.3. The molecule has 1 saturated heterocycles. The average molecular weight is 352 g/mol. The van der Waals surface area contributed by atoms with Gasteiger partial charge < -0.3 is 4.90 Å². The summed E-state index contributed by atoms with van der Waals surface area (Å²) in [4.78, 5) is 18.2.